The molecule has 0 unspecified atom stereocenters. The Morgan fingerprint density at radius 2 is 1.00 bits per heavy atom. The summed E-state index contributed by atoms with van der Waals surface area (Å²) in [4.78, 5) is 22.9. The van der Waals surface area contributed by atoms with E-state index in [0.29, 0.717) is 26.1 Å². The normalized spacial score (nSPS) is 12.7. The van der Waals surface area contributed by atoms with E-state index in [1.165, 1.54) is 0 Å². The van der Waals surface area contributed by atoms with Crippen LogP contribution in [0, 0.1) is 0 Å². The number of esters is 2. The third kappa shape index (κ3) is 15.9. The average molecular weight is 465 g/mol. The quantitative estimate of drug-likeness (QED) is 0.168. The van der Waals surface area contributed by atoms with Gasteiger partial charge in [-0.05, 0) is 77.1 Å². The van der Waals surface area contributed by atoms with E-state index in [0.717, 1.165) is 37.8 Å². The van der Waals surface area contributed by atoms with Gasteiger partial charge < -0.3 is 17.7 Å². The smallest absolute Gasteiger partial charge is 0.311 e. The molecule has 0 amide bonds. The molecule has 0 aromatic heterocycles. The van der Waals surface area contributed by atoms with Crippen molar-refractivity contribution in [2.75, 3.05) is 13.2 Å². The van der Waals surface area contributed by atoms with Crippen LogP contribution in [0.2, 0.25) is 51.4 Å². The third-order valence-electron chi connectivity index (χ3n) is 4.32. The summed E-state index contributed by atoms with van der Waals surface area (Å²) in [6.45, 7) is 18.0. The molecule has 6 nitrogen and oxygen atoms in total. The maximum absolute atomic E-state index is 11.5. The largest absolute Gasteiger partial charge is 0.466 e. The molecule has 0 aromatic carbocycles. The first-order valence-electron chi connectivity index (χ1n) is 11.0. The predicted molar refractivity (Wildman–Crippen MR) is 125 cm³/mol. The van der Waals surface area contributed by atoms with E-state index in [4.69, 9.17) is 17.7 Å². The number of hydrogen-bond donors (Lipinski definition) is 0. The van der Waals surface area contributed by atoms with Crippen molar-refractivity contribution in [1.29, 1.82) is 0 Å². The van der Waals surface area contributed by atoms with Crippen molar-refractivity contribution in [2.45, 2.75) is 104 Å². The van der Waals surface area contributed by atoms with Crippen LogP contribution in [-0.2, 0) is 27.3 Å². The summed E-state index contributed by atoms with van der Waals surface area (Å²) in [7, 11) is -6.04. The molecule has 172 valence electrons. The number of carbonyl (C=O) groups is 2. The molecule has 0 heterocycles. The second kappa shape index (κ2) is 13.7. The second-order valence-corrected chi connectivity index (χ2v) is 21.7. The molecule has 0 saturated heterocycles. The standard InChI is InChI=1S/C20H44O6Si3/c1-9-13-19(21)23-15-11-17-27(3,4)25-29(7,8)26-28(5,6)18-12-16-24-20(22)14-10-2/h9-18H2,1-8H3. The van der Waals surface area contributed by atoms with E-state index in [1.807, 2.05) is 13.8 Å². The number of rotatable bonds is 16. The first-order chi connectivity index (χ1) is 13.3. The molecule has 0 bridgehead atoms. The zero-order chi connectivity index (χ0) is 22.6. The molecular weight excluding hydrogens is 420 g/mol. The van der Waals surface area contributed by atoms with Crippen molar-refractivity contribution in [2.24, 2.45) is 0 Å². The van der Waals surface area contributed by atoms with Gasteiger partial charge in [0.05, 0.1) is 13.2 Å². The molecule has 0 fully saturated rings. The minimum Gasteiger partial charge on any atom is -0.466 e. The fourth-order valence-corrected chi connectivity index (χ4v) is 17.4. The maximum atomic E-state index is 11.5. The lowest BCUT2D eigenvalue weighted by Crippen LogP contribution is -2.52. The lowest BCUT2D eigenvalue weighted by molar-refractivity contribution is -0.144. The highest BCUT2D eigenvalue weighted by Gasteiger charge is 2.39. The fourth-order valence-electron chi connectivity index (χ4n) is 3.37. The molecule has 0 radical (unpaired) electrons. The van der Waals surface area contributed by atoms with Crippen LogP contribution in [0.3, 0.4) is 0 Å². The van der Waals surface area contributed by atoms with E-state index >= 15 is 0 Å². The van der Waals surface area contributed by atoms with Crippen LogP contribution in [-0.4, -0.2) is 50.3 Å². The van der Waals surface area contributed by atoms with E-state index < -0.39 is 25.2 Å². The summed E-state index contributed by atoms with van der Waals surface area (Å²) in [5, 5.41) is 0. The monoisotopic (exact) mass is 464 g/mol. The Morgan fingerprint density at radius 1 is 0.655 bits per heavy atom. The first-order valence-corrected chi connectivity index (χ1v) is 20.1. The highest BCUT2D eigenvalue weighted by molar-refractivity contribution is 6.87. The Balaban J connectivity index is 4.33. The maximum Gasteiger partial charge on any atom is 0.311 e. The Morgan fingerprint density at radius 3 is 1.31 bits per heavy atom. The molecule has 0 aliphatic carbocycles. The summed E-state index contributed by atoms with van der Waals surface area (Å²) < 4.78 is 23.6. The van der Waals surface area contributed by atoms with Gasteiger partial charge in [0.15, 0.2) is 16.6 Å². The van der Waals surface area contributed by atoms with Gasteiger partial charge >= 0.3 is 20.5 Å². The first kappa shape index (κ1) is 28.5. The number of carbonyl (C=O) groups excluding carboxylic acids is 2. The van der Waals surface area contributed by atoms with Gasteiger partial charge in [0.1, 0.15) is 0 Å². The molecule has 0 atom stereocenters. The zero-order valence-corrected chi connectivity index (χ0v) is 23.0. The van der Waals surface area contributed by atoms with Crippen molar-refractivity contribution in [1.82, 2.24) is 0 Å². The topological polar surface area (TPSA) is 71.1 Å². The van der Waals surface area contributed by atoms with Gasteiger partial charge in [0.25, 0.3) is 0 Å². The lowest BCUT2D eigenvalue weighted by Gasteiger charge is -2.38. The van der Waals surface area contributed by atoms with Crippen LogP contribution in [0.15, 0.2) is 0 Å². The molecule has 0 aromatic rings. The lowest BCUT2D eigenvalue weighted by atomic mass is 10.3. The van der Waals surface area contributed by atoms with Crippen LogP contribution >= 0.6 is 0 Å². The minimum absolute atomic E-state index is 0.112. The molecule has 0 N–H and O–H groups in total. The summed E-state index contributed by atoms with van der Waals surface area (Å²) >= 11 is 0. The minimum atomic E-state index is -2.26. The molecule has 0 aliphatic heterocycles. The summed E-state index contributed by atoms with van der Waals surface area (Å²) in [6, 6.07) is 1.89. The van der Waals surface area contributed by atoms with Crippen molar-refractivity contribution in [3.8, 4) is 0 Å². The van der Waals surface area contributed by atoms with Crippen molar-refractivity contribution < 1.29 is 27.3 Å². The summed E-state index contributed by atoms with van der Waals surface area (Å²) in [5.74, 6) is -0.224. The van der Waals surface area contributed by atoms with Gasteiger partial charge in [-0.2, -0.15) is 0 Å². The van der Waals surface area contributed by atoms with Gasteiger partial charge in [-0.1, -0.05) is 13.8 Å². The Bertz CT molecular complexity index is 453. The van der Waals surface area contributed by atoms with Crippen LogP contribution < -0.4 is 0 Å². The van der Waals surface area contributed by atoms with Gasteiger partial charge in [-0.3, -0.25) is 9.59 Å². The average Bonchev–Trinajstić information content (AvgIpc) is 2.54. The Kier molecular flexibility index (Phi) is 13.5. The molecule has 9 heteroatoms. The van der Waals surface area contributed by atoms with Crippen LogP contribution in [0.4, 0.5) is 0 Å². The molecule has 29 heavy (non-hydrogen) atoms. The second-order valence-electron chi connectivity index (χ2n) is 9.27. The molecular formula is C20H44O6Si3. The van der Waals surface area contributed by atoms with Gasteiger partial charge in [-0.15, -0.1) is 0 Å². The van der Waals surface area contributed by atoms with Crippen LogP contribution in [0.1, 0.15) is 52.4 Å². The van der Waals surface area contributed by atoms with Crippen molar-refractivity contribution in [3.63, 3.8) is 0 Å². The van der Waals surface area contributed by atoms with Crippen LogP contribution in [0.5, 0.6) is 0 Å². The van der Waals surface area contributed by atoms with E-state index in [9.17, 15) is 9.59 Å². The van der Waals surface area contributed by atoms with Crippen molar-refractivity contribution >= 4 is 37.1 Å². The Labute approximate surface area is 181 Å². The molecule has 0 saturated carbocycles. The highest BCUT2D eigenvalue weighted by Crippen LogP contribution is 2.26. The number of ether oxygens (including phenoxy) is 2. The van der Waals surface area contributed by atoms with Crippen LogP contribution in [0.25, 0.3) is 0 Å². The third-order valence-corrected chi connectivity index (χ3v) is 15.8. The van der Waals surface area contributed by atoms with E-state index in [2.05, 4.69) is 39.3 Å². The highest BCUT2D eigenvalue weighted by atomic mass is 28.5. The Hall–Kier alpha value is -0.489. The molecule has 0 rings (SSSR count). The number of hydrogen-bond acceptors (Lipinski definition) is 6. The van der Waals surface area contributed by atoms with E-state index in [1.54, 1.807) is 0 Å². The van der Waals surface area contributed by atoms with E-state index in [-0.39, 0.29) is 11.9 Å². The SMILES string of the molecule is CCCC(=O)OCCC[Si](C)(C)O[Si](C)(C)O[Si](C)(C)CCCOC(=O)CCC. The molecule has 0 aliphatic rings. The van der Waals surface area contributed by atoms with Gasteiger partial charge in [0, 0.05) is 12.8 Å². The fraction of sp³-hybridized carbons (Fsp3) is 0.900. The zero-order valence-electron chi connectivity index (χ0n) is 20.0. The van der Waals surface area contributed by atoms with Gasteiger partial charge in [0.2, 0.25) is 0 Å². The summed E-state index contributed by atoms with van der Waals surface area (Å²) in [5.41, 5.74) is 0. The van der Waals surface area contributed by atoms with Gasteiger partial charge in [-0.25, -0.2) is 0 Å². The summed E-state index contributed by atoms with van der Waals surface area (Å²) in [6.07, 6.45) is 4.29. The molecule has 0 spiro atoms. The predicted octanol–water partition coefficient (Wildman–Crippen LogP) is 5.60. The van der Waals surface area contributed by atoms with Crippen molar-refractivity contribution in [3.05, 3.63) is 0 Å².